The standard InChI is InChI=1S/C7H12ClN5.C3H4O.C2H4N4/c1-3-9-6-11-5(8)12-7(13-6)10-4-2;1-2-3-4;3-2-4-1-5-6-2/h3-4H2,1-2H3,(H2,9,10,11,12,13);2-3H,1H2;1H,(H3,3,4,5,6). The van der Waals surface area contributed by atoms with Gasteiger partial charge in [-0.1, -0.05) is 6.58 Å². The van der Waals surface area contributed by atoms with Gasteiger partial charge in [0.25, 0.3) is 0 Å². The second-order valence-corrected chi connectivity index (χ2v) is 3.89. The van der Waals surface area contributed by atoms with Gasteiger partial charge in [-0.15, -0.1) is 0 Å². The molecule has 0 aromatic carbocycles. The van der Waals surface area contributed by atoms with E-state index < -0.39 is 0 Å². The first-order chi connectivity index (χ1) is 11.1. The van der Waals surface area contributed by atoms with E-state index in [4.69, 9.17) is 22.1 Å². The number of rotatable bonds is 5. The number of nitrogens with one attached hydrogen (secondary N) is 3. The van der Waals surface area contributed by atoms with Crippen LogP contribution in [0.2, 0.25) is 5.28 Å². The molecule has 0 aliphatic heterocycles. The SMILES string of the molecule is C=CC=O.CCNc1nc(Cl)nc(NCC)n1.Nc1ncn[nH]1. The number of nitrogen functional groups attached to an aromatic ring is 1. The number of aromatic amines is 1. The van der Waals surface area contributed by atoms with Gasteiger partial charge in [0.15, 0.2) is 0 Å². The van der Waals surface area contributed by atoms with Crippen molar-refractivity contribution in [2.45, 2.75) is 13.8 Å². The lowest BCUT2D eigenvalue weighted by molar-refractivity contribution is -0.104. The quantitative estimate of drug-likeness (QED) is 0.464. The largest absolute Gasteiger partial charge is 0.368 e. The molecule has 0 amide bonds. The van der Waals surface area contributed by atoms with Crippen molar-refractivity contribution < 1.29 is 4.79 Å². The number of H-pyrrole nitrogens is 1. The maximum atomic E-state index is 9.06. The van der Waals surface area contributed by atoms with E-state index in [1.54, 1.807) is 0 Å². The number of hydrogen-bond acceptors (Lipinski definition) is 9. The molecule has 0 saturated carbocycles. The fraction of sp³-hybridized carbons (Fsp3) is 0.333. The highest BCUT2D eigenvalue weighted by molar-refractivity contribution is 6.28. The molecule has 2 aromatic heterocycles. The molecule has 0 aliphatic carbocycles. The molecule has 0 radical (unpaired) electrons. The molecule has 0 unspecified atom stereocenters. The Labute approximate surface area is 139 Å². The van der Waals surface area contributed by atoms with Crippen LogP contribution in [0.25, 0.3) is 0 Å². The Morgan fingerprint density at radius 3 is 2.04 bits per heavy atom. The summed E-state index contributed by atoms with van der Waals surface area (Å²) in [4.78, 5) is 24.5. The lowest BCUT2D eigenvalue weighted by atomic mass is 10.7. The Kier molecular flexibility index (Phi) is 11.4. The number of carbonyl (C=O) groups is 1. The zero-order valence-electron chi connectivity index (χ0n) is 13.0. The molecule has 5 N–H and O–H groups in total. The summed E-state index contributed by atoms with van der Waals surface area (Å²) in [6.07, 6.45) is 3.19. The Balaban J connectivity index is 0.000000398. The monoisotopic (exact) mass is 341 g/mol. The van der Waals surface area contributed by atoms with Gasteiger partial charge in [-0.05, 0) is 31.5 Å². The molecule has 10 nitrogen and oxygen atoms in total. The fourth-order valence-electron chi connectivity index (χ4n) is 1.04. The predicted molar refractivity (Wildman–Crippen MR) is 90.2 cm³/mol. The Morgan fingerprint density at radius 1 is 1.26 bits per heavy atom. The lowest BCUT2D eigenvalue weighted by Crippen LogP contribution is -2.08. The van der Waals surface area contributed by atoms with Crippen molar-refractivity contribution in [3.05, 3.63) is 24.3 Å². The van der Waals surface area contributed by atoms with Gasteiger partial charge in [0.05, 0.1) is 0 Å². The molecule has 0 saturated heterocycles. The molecule has 11 heteroatoms. The number of halogens is 1. The van der Waals surface area contributed by atoms with E-state index in [-0.39, 0.29) is 5.28 Å². The molecule has 23 heavy (non-hydrogen) atoms. The summed E-state index contributed by atoms with van der Waals surface area (Å²) in [5, 5.41) is 12.0. The van der Waals surface area contributed by atoms with Crippen molar-refractivity contribution in [1.29, 1.82) is 0 Å². The minimum absolute atomic E-state index is 0.196. The molecular weight excluding hydrogens is 322 g/mol. The summed E-state index contributed by atoms with van der Waals surface area (Å²) in [6, 6.07) is 0. The third-order valence-corrected chi connectivity index (χ3v) is 1.98. The molecule has 0 fully saturated rings. The van der Waals surface area contributed by atoms with Gasteiger partial charge < -0.3 is 16.4 Å². The van der Waals surface area contributed by atoms with E-state index >= 15 is 0 Å². The van der Waals surface area contributed by atoms with Crippen LogP contribution in [0.1, 0.15) is 13.8 Å². The zero-order valence-corrected chi connectivity index (χ0v) is 13.7. The van der Waals surface area contributed by atoms with Crippen LogP contribution in [-0.4, -0.2) is 49.5 Å². The second kappa shape index (κ2) is 13.0. The van der Waals surface area contributed by atoms with Crippen LogP contribution in [0.3, 0.4) is 0 Å². The Morgan fingerprint density at radius 2 is 1.78 bits per heavy atom. The van der Waals surface area contributed by atoms with E-state index in [1.807, 2.05) is 13.8 Å². The van der Waals surface area contributed by atoms with Crippen LogP contribution in [-0.2, 0) is 4.79 Å². The third-order valence-electron chi connectivity index (χ3n) is 1.81. The van der Waals surface area contributed by atoms with Gasteiger partial charge in [-0.3, -0.25) is 4.79 Å². The maximum Gasteiger partial charge on any atom is 0.228 e. The zero-order chi connectivity index (χ0) is 17.5. The average Bonchev–Trinajstić information content (AvgIpc) is 2.99. The molecular formula is C12H20ClN9O. The van der Waals surface area contributed by atoms with Crippen molar-refractivity contribution in [3.8, 4) is 0 Å². The van der Waals surface area contributed by atoms with Gasteiger partial charge in [-0.2, -0.15) is 20.1 Å². The molecule has 0 aliphatic rings. The lowest BCUT2D eigenvalue weighted by Gasteiger charge is -2.04. The van der Waals surface area contributed by atoms with E-state index in [2.05, 4.69) is 47.3 Å². The van der Waals surface area contributed by atoms with Crippen molar-refractivity contribution in [1.82, 2.24) is 30.1 Å². The highest BCUT2D eigenvalue weighted by Crippen LogP contribution is 2.08. The predicted octanol–water partition coefficient (Wildman–Crippen LogP) is 1.15. The Hall–Kier alpha value is -2.75. The van der Waals surface area contributed by atoms with Crippen molar-refractivity contribution in [2.24, 2.45) is 0 Å². The van der Waals surface area contributed by atoms with Crippen molar-refractivity contribution in [2.75, 3.05) is 29.5 Å². The third kappa shape index (κ3) is 10.6. The minimum atomic E-state index is 0.196. The highest BCUT2D eigenvalue weighted by atomic mass is 35.5. The average molecular weight is 342 g/mol. The van der Waals surface area contributed by atoms with Crippen LogP contribution in [0.15, 0.2) is 19.0 Å². The van der Waals surface area contributed by atoms with Crippen molar-refractivity contribution >= 4 is 35.7 Å². The van der Waals surface area contributed by atoms with Crippen molar-refractivity contribution in [3.63, 3.8) is 0 Å². The molecule has 0 spiro atoms. The number of nitrogens with zero attached hydrogens (tertiary/aromatic N) is 5. The first-order valence-electron chi connectivity index (χ1n) is 6.63. The molecule has 0 bridgehead atoms. The minimum Gasteiger partial charge on any atom is -0.368 e. The summed E-state index contributed by atoms with van der Waals surface area (Å²) in [7, 11) is 0. The van der Waals surface area contributed by atoms with Crippen LogP contribution in [0, 0.1) is 0 Å². The number of nitrogens with two attached hydrogens (primary N) is 1. The normalized spacial score (nSPS) is 8.65. The first kappa shape index (κ1) is 20.2. The van der Waals surface area contributed by atoms with E-state index in [0.29, 0.717) is 24.1 Å². The van der Waals surface area contributed by atoms with Gasteiger partial charge in [0, 0.05) is 13.1 Å². The van der Waals surface area contributed by atoms with Gasteiger partial charge in [0.2, 0.25) is 23.1 Å². The maximum absolute atomic E-state index is 9.06. The van der Waals surface area contributed by atoms with E-state index in [0.717, 1.165) is 13.1 Å². The summed E-state index contributed by atoms with van der Waals surface area (Å²) in [6.45, 7) is 8.55. The van der Waals surface area contributed by atoms with Gasteiger partial charge >= 0.3 is 0 Å². The fourth-order valence-corrected chi connectivity index (χ4v) is 1.20. The topological polar surface area (TPSA) is 147 Å². The molecule has 126 valence electrons. The number of allylic oxidation sites excluding steroid dienone is 1. The second-order valence-electron chi connectivity index (χ2n) is 3.55. The smallest absolute Gasteiger partial charge is 0.228 e. The summed E-state index contributed by atoms with van der Waals surface area (Å²) < 4.78 is 0. The summed E-state index contributed by atoms with van der Waals surface area (Å²) >= 11 is 5.68. The molecule has 2 rings (SSSR count). The summed E-state index contributed by atoms with van der Waals surface area (Å²) in [5.74, 6) is 1.35. The number of aldehydes is 1. The summed E-state index contributed by atoms with van der Waals surface area (Å²) in [5.41, 5.74) is 5.05. The van der Waals surface area contributed by atoms with Gasteiger partial charge in [0.1, 0.15) is 12.6 Å². The van der Waals surface area contributed by atoms with Crippen LogP contribution in [0.5, 0.6) is 0 Å². The first-order valence-corrected chi connectivity index (χ1v) is 7.01. The van der Waals surface area contributed by atoms with Gasteiger partial charge in [-0.25, -0.2) is 10.1 Å². The van der Waals surface area contributed by atoms with E-state index in [9.17, 15) is 0 Å². The number of hydrogen-bond donors (Lipinski definition) is 4. The Bertz CT molecular complexity index is 531. The molecule has 2 heterocycles. The number of aromatic nitrogens is 6. The molecule has 2 aromatic rings. The van der Waals surface area contributed by atoms with Crippen LogP contribution < -0.4 is 16.4 Å². The number of anilines is 3. The van der Waals surface area contributed by atoms with Crippen LogP contribution in [0.4, 0.5) is 17.8 Å². The molecule has 0 atom stereocenters. The van der Waals surface area contributed by atoms with E-state index in [1.165, 1.54) is 12.4 Å². The van der Waals surface area contributed by atoms with Crippen LogP contribution >= 0.6 is 11.6 Å². The highest BCUT2D eigenvalue weighted by Gasteiger charge is 2.01. The number of carbonyl (C=O) groups excluding carboxylic acids is 1.